The van der Waals surface area contributed by atoms with Crippen molar-refractivity contribution < 1.29 is 19.5 Å². The largest absolute Gasteiger partial charge is 0.497 e. The van der Waals surface area contributed by atoms with E-state index in [9.17, 15) is 9.90 Å². The van der Waals surface area contributed by atoms with Gasteiger partial charge < -0.3 is 14.7 Å². The highest BCUT2D eigenvalue weighted by atomic mass is 35.5. The molecule has 11 heteroatoms. The van der Waals surface area contributed by atoms with Crippen molar-refractivity contribution in [2.75, 3.05) is 12.1 Å². The van der Waals surface area contributed by atoms with E-state index in [2.05, 4.69) is 20.8 Å². The number of thiazole rings is 1. The summed E-state index contributed by atoms with van der Waals surface area (Å²) in [6.07, 6.45) is 0. The summed E-state index contributed by atoms with van der Waals surface area (Å²) < 4.78 is 5.15. The summed E-state index contributed by atoms with van der Waals surface area (Å²) in [6, 6.07) is 13.4. The number of nitrogens with zero attached hydrogens (tertiary/aromatic N) is 4. The smallest absolute Gasteiger partial charge is 0.327 e. The Hall–Kier alpha value is -3.47. The molecule has 0 saturated carbocycles. The molecule has 9 nitrogen and oxygen atoms in total. The Morgan fingerprint density at radius 3 is 2.67 bits per heavy atom. The second-order valence-electron chi connectivity index (χ2n) is 5.91. The third-order valence-electron chi connectivity index (χ3n) is 4.04. The van der Waals surface area contributed by atoms with Gasteiger partial charge in [0.15, 0.2) is 5.70 Å². The maximum Gasteiger partial charge on any atom is 0.327 e. The number of amides is 1. The van der Waals surface area contributed by atoms with Gasteiger partial charge in [-0.1, -0.05) is 17.2 Å². The Bertz CT molecular complexity index is 1130. The minimum Gasteiger partial charge on any atom is -0.497 e. The van der Waals surface area contributed by atoms with E-state index in [1.54, 1.807) is 61.0 Å². The zero-order valence-corrected chi connectivity index (χ0v) is 17.0. The summed E-state index contributed by atoms with van der Waals surface area (Å²) in [7, 11) is 1.58. The summed E-state index contributed by atoms with van der Waals surface area (Å²) in [5.74, 6) is -0.177. The van der Waals surface area contributed by atoms with Crippen molar-refractivity contribution in [2.24, 2.45) is 10.2 Å². The second kappa shape index (κ2) is 8.49. The predicted octanol–water partition coefficient (Wildman–Crippen LogP) is 4.87. The molecule has 0 spiro atoms. The Morgan fingerprint density at radius 1 is 1.23 bits per heavy atom. The average Bonchev–Trinajstić information content (AvgIpc) is 3.38. The number of rotatable bonds is 5. The molecule has 1 aliphatic heterocycles. The molecule has 30 heavy (non-hydrogen) atoms. The predicted molar refractivity (Wildman–Crippen MR) is 112 cm³/mol. The van der Waals surface area contributed by atoms with Crippen molar-refractivity contribution in [1.29, 1.82) is 0 Å². The van der Waals surface area contributed by atoms with Crippen LogP contribution in [0.3, 0.4) is 0 Å². The number of nitrogens with one attached hydrogen (secondary N) is 1. The van der Waals surface area contributed by atoms with E-state index in [1.807, 2.05) is 0 Å². The van der Waals surface area contributed by atoms with Crippen molar-refractivity contribution in [2.45, 2.75) is 0 Å². The van der Waals surface area contributed by atoms with Gasteiger partial charge in [-0.3, -0.25) is 4.79 Å². The van der Waals surface area contributed by atoms with E-state index in [0.29, 0.717) is 33.4 Å². The fourth-order valence-electron chi connectivity index (χ4n) is 2.57. The molecule has 1 aromatic heterocycles. The number of benzene rings is 2. The fourth-order valence-corrected chi connectivity index (χ4v) is 3.32. The van der Waals surface area contributed by atoms with E-state index in [-0.39, 0.29) is 11.1 Å². The zero-order valence-electron chi connectivity index (χ0n) is 15.4. The number of methoxy groups -OCH3 is 1. The lowest BCUT2D eigenvalue weighted by Crippen LogP contribution is -2.30. The number of ether oxygens (including phenoxy) is 1. The SMILES string of the molecule is COc1ccc(N2NOC(O)=C2c2csc(N=NC(=O)c3ccc(Cl)cc3)n2)cc1. The highest BCUT2D eigenvalue weighted by Gasteiger charge is 2.29. The Balaban J connectivity index is 1.53. The van der Waals surface area contributed by atoms with Crippen LogP contribution in [0.4, 0.5) is 10.8 Å². The van der Waals surface area contributed by atoms with Crippen molar-refractivity contribution >= 4 is 45.4 Å². The van der Waals surface area contributed by atoms with E-state index in [1.165, 1.54) is 5.01 Å². The molecule has 1 aliphatic rings. The summed E-state index contributed by atoms with van der Waals surface area (Å²) >= 11 is 6.97. The molecular weight excluding hydrogens is 430 g/mol. The van der Waals surface area contributed by atoms with Gasteiger partial charge >= 0.3 is 5.95 Å². The van der Waals surface area contributed by atoms with Gasteiger partial charge in [0, 0.05) is 16.0 Å². The number of hydrogen-bond donors (Lipinski definition) is 2. The maximum atomic E-state index is 12.1. The van der Waals surface area contributed by atoms with E-state index < -0.39 is 5.91 Å². The summed E-state index contributed by atoms with van der Waals surface area (Å²) in [5, 5.41) is 21.7. The van der Waals surface area contributed by atoms with Gasteiger partial charge in [0.1, 0.15) is 11.4 Å². The Kier molecular flexibility index (Phi) is 5.61. The van der Waals surface area contributed by atoms with Gasteiger partial charge in [0.25, 0.3) is 5.91 Å². The average molecular weight is 444 g/mol. The van der Waals surface area contributed by atoms with Crippen LogP contribution in [0.1, 0.15) is 16.1 Å². The molecule has 0 fully saturated rings. The number of azo groups is 1. The van der Waals surface area contributed by atoms with Crippen LogP contribution in [0.25, 0.3) is 5.70 Å². The minimum absolute atomic E-state index is 0.245. The lowest BCUT2D eigenvalue weighted by molar-refractivity contribution is 0.0461. The van der Waals surface area contributed by atoms with Gasteiger partial charge in [-0.2, -0.15) is 0 Å². The Morgan fingerprint density at radius 2 is 1.97 bits per heavy atom. The number of aliphatic hydroxyl groups excluding tert-OH is 1. The number of hydrogen-bond acceptors (Lipinski definition) is 9. The number of hydrazine groups is 1. The molecular formula is C19H14ClN5O4S. The number of anilines is 1. The molecule has 0 radical (unpaired) electrons. The highest BCUT2D eigenvalue weighted by Crippen LogP contribution is 2.33. The van der Waals surface area contributed by atoms with Crippen LogP contribution in [0, 0.1) is 0 Å². The normalized spacial score (nSPS) is 13.7. The molecule has 2 aromatic carbocycles. The molecule has 4 rings (SSSR count). The third kappa shape index (κ3) is 4.10. The first-order chi connectivity index (χ1) is 14.5. The van der Waals surface area contributed by atoms with Crippen LogP contribution in [0.2, 0.25) is 5.02 Å². The first kappa shape index (κ1) is 19.8. The summed E-state index contributed by atoms with van der Waals surface area (Å²) in [4.78, 5) is 21.5. The molecule has 0 aliphatic carbocycles. The third-order valence-corrected chi connectivity index (χ3v) is 5.02. The van der Waals surface area contributed by atoms with E-state index in [0.717, 1.165) is 11.3 Å². The van der Waals surface area contributed by atoms with E-state index in [4.69, 9.17) is 21.2 Å². The fraction of sp³-hybridized carbons (Fsp3) is 0.0526. The first-order valence-corrected chi connectivity index (χ1v) is 9.78. The maximum absolute atomic E-state index is 12.1. The standard InChI is InChI=1S/C19H14ClN5O4S/c1-28-14-8-6-13(7-9-14)25-16(18(27)29-24-25)15-10-30-19(21-15)23-22-17(26)11-2-4-12(20)5-3-11/h2-10,24,27H,1H3. The minimum atomic E-state index is -0.517. The molecule has 0 unspecified atom stereocenters. The number of halogens is 1. The number of aromatic nitrogens is 1. The molecule has 3 aromatic rings. The van der Waals surface area contributed by atoms with Crippen molar-refractivity contribution in [3.8, 4) is 5.75 Å². The van der Waals surface area contributed by atoms with Gasteiger partial charge in [-0.15, -0.1) is 21.6 Å². The zero-order chi connectivity index (χ0) is 21.1. The van der Waals surface area contributed by atoms with Crippen LogP contribution in [-0.2, 0) is 4.84 Å². The molecule has 152 valence electrons. The van der Waals surface area contributed by atoms with Crippen molar-refractivity contribution in [3.63, 3.8) is 0 Å². The molecule has 2 N–H and O–H groups in total. The Labute approximate surface area is 179 Å². The van der Waals surface area contributed by atoms with Crippen LogP contribution >= 0.6 is 22.9 Å². The number of aliphatic hydroxyl groups is 1. The molecule has 0 atom stereocenters. The number of carbonyl (C=O) groups excluding carboxylic acids is 1. The molecule has 0 saturated heterocycles. The van der Waals surface area contributed by atoms with Crippen LogP contribution in [-0.4, -0.2) is 23.1 Å². The molecule has 2 heterocycles. The van der Waals surface area contributed by atoms with E-state index >= 15 is 0 Å². The van der Waals surface area contributed by atoms with Gasteiger partial charge in [-0.05, 0) is 48.5 Å². The first-order valence-electron chi connectivity index (χ1n) is 8.52. The highest BCUT2D eigenvalue weighted by molar-refractivity contribution is 7.13. The lowest BCUT2D eigenvalue weighted by atomic mass is 10.2. The van der Waals surface area contributed by atoms with Crippen molar-refractivity contribution in [1.82, 2.24) is 10.6 Å². The van der Waals surface area contributed by atoms with Crippen molar-refractivity contribution in [3.05, 3.63) is 76.1 Å². The van der Waals surface area contributed by atoms with Gasteiger partial charge in [0.2, 0.25) is 5.13 Å². The molecule has 1 amide bonds. The summed E-state index contributed by atoms with van der Waals surface area (Å²) in [6.45, 7) is 0. The summed E-state index contributed by atoms with van der Waals surface area (Å²) in [5.41, 5.74) is 4.34. The van der Waals surface area contributed by atoms with Crippen LogP contribution < -0.4 is 15.3 Å². The topological polar surface area (TPSA) is 109 Å². The molecule has 0 bridgehead atoms. The van der Waals surface area contributed by atoms with Crippen LogP contribution in [0.5, 0.6) is 5.75 Å². The second-order valence-corrected chi connectivity index (χ2v) is 7.18. The van der Waals surface area contributed by atoms with Gasteiger partial charge in [-0.25, -0.2) is 9.99 Å². The number of carbonyl (C=O) groups is 1. The lowest BCUT2D eigenvalue weighted by Gasteiger charge is -2.17. The monoisotopic (exact) mass is 443 g/mol. The van der Waals surface area contributed by atoms with Gasteiger partial charge in [0.05, 0.1) is 12.8 Å². The van der Waals surface area contributed by atoms with Crippen LogP contribution in [0.15, 0.2) is 70.1 Å². The quantitative estimate of drug-likeness (QED) is 0.541.